The van der Waals surface area contributed by atoms with Crippen LogP contribution >= 0.6 is 24.8 Å². The number of carbonyl (C=O) groups is 1. The zero-order valence-electron chi connectivity index (χ0n) is 13.1. The van der Waals surface area contributed by atoms with Gasteiger partial charge in [0.1, 0.15) is 5.75 Å². The molecule has 1 aliphatic heterocycles. The number of amides is 1. The summed E-state index contributed by atoms with van der Waals surface area (Å²) in [6.45, 7) is 1.74. The second-order valence-corrected chi connectivity index (χ2v) is 5.33. The molecule has 1 fully saturated rings. The highest BCUT2D eigenvalue weighted by molar-refractivity contribution is 5.92. The molecule has 2 heterocycles. The fraction of sp³-hybridized carbons (Fsp3) is 0.294. The van der Waals surface area contributed by atoms with Gasteiger partial charge in [0.15, 0.2) is 0 Å². The van der Waals surface area contributed by atoms with E-state index in [-0.39, 0.29) is 36.6 Å². The van der Waals surface area contributed by atoms with Crippen molar-refractivity contribution in [2.24, 2.45) is 5.92 Å². The summed E-state index contributed by atoms with van der Waals surface area (Å²) >= 11 is 0. The second kappa shape index (κ2) is 10.1. The SMILES string of the molecule is Cl.Cl.O=C(Nc1ccc(Oc2ccccc2)nc1)C1CCCNC1. The highest BCUT2D eigenvalue weighted by atomic mass is 35.5. The Morgan fingerprint density at radius 3 is 2.58 bits per heavy atom. The number of benzene rings is 1. The molecule has 1 aromatic carbocycles. The van der Waals surface area contributed by atoms with Gasteiger partial charge in [0.25, 0.3) is 0 Å². The molecule has 0 saturated carbocycles. The number of aromatic nitrogens is 1. The monoisotopic (exact) mass is 369 g/mol. The summed E-state index contributed by atoms with van der Waals surface area (Å²) in [5, 5.41) is 6.15. The van der Waals surface area contributed by atoms with Crippen molar-refractivity contribution in [2.45, 2.75) is 12.8 Å². The van der Waals surface area contributed by atoms with Gasteiger partial charge in [0, 0.05) is 12.6 Å². The first-order valence-electron chi connectivity index (χ1n) is 7.52. The average Bonchev–Trinajstić information content (AvgIpc) is 2.58. The van der Waals surface area contributed by atoms with Crippen LogP contribution in [0.2, 0.25) is 0 Å². The molecule has 1 amide bonds. The van der Waals surface area contributed by atoms with Crippen molar-refractivity contribution in [3.63, 3.8) is 0 Å². The van der Waals surface area contributed by atoms with Crippen molar-refractivity contribution in [2.75, 3.05) is 18.4 Å². The Morgan fingerprint density at radius 2 is 1.96 bits per heavy atom. The van der Waals surface area contributed by atoms with E-state index in [0.29, 0.717) is 11.6 Å². The van der Waals surface area contributed by atoms with Crippen molar-refractivity contribution >= 4 is 36.4 Å². The first kappa shape index (κ1) is 20.2. The molecular weight excluding hydrogens is 349 g/mol. The molecule has 1 aliphatic rings. The van der Waals surface area contributed by atoms with Crippen LogP contribution in [0.4, 0.5) is 5.69 Å². The van der Waals surface area contributed by atoms with E-state index in [4.69, 9.17) is 4.74 Å². The zero-order chi connectivity index (χ0) is 15.2. The highest BCUT2D eigenvalue weighted by Crippen LogP contribution is 2.20. The molecule has 2 aromatic rings. The Kier molecular flexibility index (Phi) is 8.54. The van der Waals surface area contributed by atoms with Crippen LogP contribution in [0, 0.1) is 5.92 Å². The number of nitrogens with zero attached hydrogens (tertiary/aromatic N) is 1. The molecule has 1 unspecified atom stereocenters. The van der Waals surface area contributed by atoms with Crippen LogP contribution in [0.3, 0.4) is 0 Å². The van der Waals surface area contributed by atoms with Gasteiger partial charge in [-0.1, -0.05) is 18.2 Å². The van der Waals surface area contributed by atoms with Crippen molar-refractivity contribution in [3.8, 4) is 11.6 Å². The topological polar surface area (TPSA) is 63.2 Å². The number of hydrogen-bond acceptors (Lipinski definition) is 4. The molecular formula is C17H21Cl2N3O2. The summed E-state index contributed by atoms with van der Waals surface area (Å²) in [6.07, 6.45) is 3.59. The molecule has 0 aliphatic carbocycles. The minimum absolute atomic E-state index is 0. The molecule has 5 nitrogen and oxygen atoms in total. The molecule has 3 rings (SSSR count). The Labute approximate surface area is 154 Å². The summed E-state index contributed by atoms with van der Waals surface area (Å²) in [5.41, 5.74) is 0.691. The van der Waals surface area contributed by atoms with Crippen LogP contribution in [0.1, 0.15) is 12.8 Å². The Balaban J connectivity index is 0.00000144. The van der Waals surface area contributed by atoms with E-state index in [1.165, 1.54) is 0 Å². The number of para-hydroxylation sites is 1. The predicted molar refractivity (Wildman–Crippen MR) is 99.5 cm³/mol. The number of carbonyl (C=O) groups excluding carboxylic acids is 1. The zero-order valence-corrected chi connectivity index (χ0v) is 14.7. The lowest BCUT2D eigenvalue weighted by molar-refractivity contribution is -0.120. The average molecular weight is 370 g/mol. The molecule has 0 spiro atoms. The van der Waals surface area contributed by atoms with Crippen molar-refractivity contribution in [1.29, 1.82) is 0 Å². The summed E-state index contributed by atoms with van der Waals surface area (Å²) < 4.78 is 5.62. The summed E-state index contributed by atoms with van der Waals surface area (Å²) in [5.74, 6) is 1.32. The normalized spacial score (nSPS) is 16.2. The molecule has 1 atom stereocenters. The maximum absolute atomic E-state index is 12.1. The van der Waals surface area contributed by atoms with Gasteiger partial charge >= 0.3 is 0 Å². The smallest absolute Gasteiger partial charge is 0.228 e. The summed E-state index contributed by atoms with van der Waals surface area (Å²) in [4.78, 5) is 16.4. The van der Waals surface area contributed by atoms with Crippen LogP contribution in [-0.2, 0) is 4.79 Å². The number of halogens is 2. The molecule has 0 bridgehead atoms. The summed E-state index contributed by atoms with van der Waals surface area (Å²) in [6, 6.07) is 13.0. The largest absolute Gasteiger partial charge is 0.439 e. The first-order chi connectivity index (χ1) is 10.8. The van der Waals surface area contributed by atoms with E-state index in [1.54, 1.807) is 18.3 Å². The number of hydrogen-bond donors (Lipinski definition) is 2. The number of rotatable bonds is 4. The lowest BCUT2D eigenvalue weighted by Gasteiger charge is -2.21. The number of piperidine rings is 1. The molecule has 2 N–H and O–H groups in total. The van der Waals surface area contributed by atoms with Gasteiger partial charge in [0.2, 0.25) is 11.8 Å². The maximum atomic E-state index is 12.1. The van der Waals surface area contributed by atoms with E-state index in [1.807, 2.05) is 30.3 Å². The van der Waals surface area contributed by atoms with Gasteiger partial charge in [-0.3, -0.25) is 4.79 Å². The van der Waals surface area contributed by atoms with Crippen molar-refractivity contribution in [1.82, 2.24) is 10.3 Å². The van der Waals surface area contributed by atoms with Crippen molar-refractivity contribution in [3.05, 3.63) is 48.7 Å². The van der Waals surface area contributed by atoms with Crippen LogP contribution < -0.4 is 15.4 Å². The minimum atomic E-state index is 0. The highest BCUT2D eigenvalue weighted by Gasteiger charge is 2.20. The molecule has 130 valence electrons. The summed E-state index contributed by atoms with van der Waals surface area (Å²) in [7, 11) is 0. The molecule has 7 heteroatoms. The fourth-order valence-corrected chi connectivity index (χ4v) is 2.44. The molecule has 24 heavy (non-hydrogen) atoms. The number of nitrogens with one attached hydrogen (secondary N) is 2. The number of pyridine rings is 1. The fourth-order valence-electron chi connectivity index (χ4n) is 2.44. The van der Waals surface area contributed by atoms with E-state index in [0.717, 1.165) is 31.7 Å². The van der Waals surface area contributed by atoms with Gasteiger partial charge in [-0.05, 0) is 37.6 Å². The quantitative estimate of drug-likeness (QED) is 0.862. The second-order valence-electron chi connectivity index (χ2n) is 5.33. The third-order valence-electron chi connectivity index (χ3n) is 3.64. The van der Waals surface area contributed by atoms with Crippen LogP contribution in [-0.4, -0.2) is 24.0 Å². The Bertz CT molecular complexity index is 617. The van der Waals surface area contributed by atoms with Gasteiger partial charge in [-0.2, -0.15) is 0 Å². The maximum Gasteiger partial charge on any atom is 0.228 e. The lowest BCUT2D eigenvalue weighted by atomic mass is 9.99. The number of ether oxygens (including phenoxy) is 1. The molecule has 0 radical (unpaired) electrons. The van der Waals surface area contributed by atoms with E-state index < -0.39 is 0 Å². The van der Waals surface area contributed by atoms with Gasteiger partial charge in [-0.15, -0.1) is 24.8 Å². The molecule has 1 aromatic heterocycles. The first-order valence-corrected chi connectivity index (χ1v) is 7.52. The van der Waals surface area contributed by atoms with Gasteiger partial charge < -0.3 is 15.4 Å². The standard InChI is InChI=1S/C17H19N3O2.2ClH/c21-17(13-5-4-10-18-11-13)20-14-8-9-16(19-12-14)22-15-6-2-1-3-7-15;;/h1-3,6-9,12-13,18H,4-5,10-11H2,(H,20,21);2*1H. The van der Waals surface area contributed by atoms with Gasteiger partial charge in [-0.25, -0.2) is 4.98 Å². The molecule has 1 saturated heterocycles. The van der Waals surface area contributed by atoms with Gasteiger partial charge in [0.05, 0.1) is 17.8 Å². The predicted octanol–water partition coefficient (Wildman–Crippen LogP) is 3.66. The van der Waals surface area contributed by atoms with Crippen LogP contribution in [0.25, 0.3) is 0 Å². The van der Waals surface area contributed by atoms with E-state index >= 15 is 0 Å². The third kappa shape index (κ3) is 5.67. The Morgan fingerprint density at radius 1 is 1.17 bits per heavy atom. The van der Waals surface area contributed by atoms with Crippen molar-refractivity contribution < 1.29 is 9.53 Å². The lowest BCUT2D eigenvalue weighted by Crippen LogP contribution is -2.37. The van der Waals surface area contributed by atoms with Crippen LogP contribution in [0.5, 0.6) is 11.6 Å². The Hall–Kier alpha value is -1.82. The van der Waals surface area contributed by atoms with Crippen LogP contribution in [0.15, 0.2) is 48.7 Å². The van der Waals surface area contributed by atoms with E-state index in [9.17, 15) is 4.79 Å². The number of anilines is 1. The van der Waals surface area contributed by atoms with E-state index in [2.05, 4.69) is 15.6 Å². The third-order valence-corrected chi connectivity index (χ3v) is 3.64. The minimum Gasteiger partial charge on any atom is -0.439 e.